The maximum Gasteiger partial charge on any atom is 0.320 e. The highest BCUT2D eigenvalue weighted by molar-refractivity contribution is 6.32. The van der Waals surface area contributed by atoms with Crippen LogP contribution in [0.15, 0.2) is 18.2 Å². The van der Waals surface area contributed by atoms with E-state index >= 15 is 0 Å². The number of nitrogens with zero attached hydrogens (tertiary/aromatic N) is 1. The average molecular weight is 245 g/mol. The van der Waals surface area contributed by atoms with Crippen molar-refractivity contribution in [3.8, 4) is 0 Å². The second-order valence-corrected chi connectivity index (χ2v) is 3.56. The number of carboxylic acids is 1. The first-order valence-corrected chi connectivity index (χ1v) is 4.71. The molecular weight excluding hydrogens is 236 g/mol. The van der Waals surface area contributed by atoms with Gasteiger partial charge in [-0.05, 0) is 6.07 Å². The summed E-state index contributed by atoms with van der Waals surface area (Å²) in [5.41, 5.74) is 5.23. The Morgan fingerprint density at radius 2 is 2.25 bits per heavy atom. The van der Waals surface area contributed by atoms with Crippen LogP contribution in [0.25, 0.3) is 0 Å². The van der Waals surface area contributed by atoms with Crippen molar-refractivity contribution >= 4 is 23.3 Å². The number of nitro groups is 1. The minimum Gasteiger partial charge on any atom is -0.480 e. The molecule has 0 aliphatic rings. The van der Waals surface area contributed by atoms with Gasteiger partial charge in [0.15, 0.2) is 0 Å². The van der Waals surface area contributed by atoms with Crippen LogP contribution in [0.1, 0.15) is 5.56 Å². The van der Waals surface area contributed by atoms with E-state index in [1.165, 1.54) is 18.2 Å². The summed E-state index contributed by atoms with van der Waals surface area (Å²) in [5, 5.41) is 19.3. The molecule has 7 heteroatoms. The molecule has 0 fully saturated rings. The Hall–Kier alpha value is -1.66. The largest absolute Gasteiger partial charge is 0.480 e. The molecule has 1 atom stereocenters. The van der Waals surface area contributed by atoms with E-state index in [9.17, 15) is 14.9 Å². The number of benzene rings is 1. The fourth-order valence-electron chi connectivity index (χ4n) is 1.25. The first-order chi connectivity index (χ1) is 7.43. The molecule has 0 amide bonds. The van der Waals surface area contributed by atoms with Gasteiger partial charge in [-0.2, -0.15) is 0 Å². The van der Waals surface area contributed by atoms with Crippen molar-refractivity contribution in [2.45, 2.75) is 12.5 Å². The van der Waals surface area contributed by atoms with E-state index in [2.05, 4.69) is 0 Å². The van der Waals surface area contributed by atoms with E-state index in [-0.39, 0.29) is 22.7 Å². The number of rotatable bonds is 4. The molecule has 0 unspecified atom stereocenters. The molecule has 16 heavy (non-hydrogen) atoms. The second kappa shape index (κ2) is 4.91. The van der Waals surface area contributed by atoms with Crippen LogP contribution in [-0.4, -0.2) is 22.0 Å². The molecule has 0 aliphatic heterocycles. The molecule has 0 heterocycles. The molecule has 0 saturated heterocycles. The van der Waals surface area contributed by atoms with Gasteiger partial charge in [0.25, 0.3) is 5.69 Å². The lowest BCUT2D eigenvalue weighted by Gasteiger charge is -2.07. The summed E-state index contributed by atoms with van der Waals surface area (Å²) in [5.74, 6) is -1.21. The van der Waals surface area contributed by atoms with Crippen LogP contribution in [0.3, 0.4) is 0 Å². The molecule has 86 valence electrons. The fraction of sp³-hybridized carbons (Fsp3) is 0.222. The number of nitro benzene ring substituents is 1. The predicted octanol–water partition coefficient (Wildman–Crippen LogP) is 1.20. The summed E-state index contributed by atoms with van der Waals surface area (Å²) < 4.78 is 0. The molecule has 0 aromatic heterocycles. The van der Waals surface area contributed by atoms with Gasteiger partial charge in [-0.1, -0.05) is 23.7 Å². The molecule has 3 N–H and O–H groups in total. The number of carbonyl (C=O) groups is 1. The summed E-state index contributed by atoms with van der Waals surface area (Å²) in [6.07, 6.45) is -0.133. The highest BCUT2D eigenvalue weighted by Gasteiger charge is 2.22. The van der Waals surface area contributed by atoms with Crippen LogP contribution in [0.5, 0.6) is 0 Å². The van der Waals surface area contributed by atoms with E-state index in [1.807, 2.05) is 0 Å². The van der Waals surface area contributed by atoms with Gasteiger partial charge in [0.1, 0.15) is 11.1 Å². The van der Waals surface area contributed by atoms with E-state index < -0.39 is 16.9 Å². The van der Waals surface area contributed by atoms with Crippen molar-refractivity contribution in [1.29, 1.82) is 0 Å². The lowest BCUT2D eigenvalue weighted by molar-refractivity contribution is -0.385. The van der Waals surface area contributed by atoms with Crippen molar-refractivity contribution in [2.75, 3.05) is 0 Å². The monoisotopic (exact) mass is 244 g/mol. The molecule has 0 spiro atoms. The molecule has 0 radical (unpaired) electrons. The highest BCUT2D eigenvalue weighted by atomic mass is 35.5. The number of nitrogens with two attached hydrogens (primary N) is 1. The number of hydrogen-bond acceptors (Lipinski definition) is 4. The molecule has 0 bridgehead atoms. The molecular formula is C9H9ClN2O4. The smallest absolute Gasteiger partial charge is 0.320 e. The van der Waals surface area contributed by atoms with Crippen molar-refractivity contribution in [3.05, 3.63) is 38.9 Å². The Kier molecular flexibility index (Phi) is 3.81. The van der Waals surface area contributed by atoms with Crippen molar-refractivity contribution in [3.63, 3.8) is 0 Å². The van der Waals surface area contributed by atoms with Gasteiger partial charge in [-0.15, -0.1) is 0 Å². The zero-order valence-electron chi connectivity index (χ0n) is 8.09. The first kappa shape index (κ1) is 12.4. The first-order valence-electron chi connectivity index (χ1n) is 4.33. The van der Waals surface area contributed by atoms with Gasteiger partial charge < -0.3 is 10.8 Å². The van der Waals surface area contributed by atoms with Gasteiger partial charge in [0, 0.05) is 12.0 Å². The standard InChI is InChI=1S/C9H9ClN2O4/c10-6-3-1-2-5(8(6)12(15)16)4-7(11)9(13)14/h1-3,7H,4,11H2,(H,13,14)/t7-/m0/s1. The van der Waals surface area contributed by atoms with Gasteiger partial charge in [0.05, 0.1) is 4.92 Å². The summed E-state index contributed by atoms with van der Waals surface area (Å²) in [4.78, 5) is 20.6. The Morgan fingerprint density at radius 1 is 1.62 bits per heavy atom. The molecule has 1 rings (SSSR count). The van der Waals surface area contributed by atoms with Crippen LogP contribution >= 0.6 is 11.6 Å². The minimum absolute atomic E-state index is 0.0277. The van der Waals surface area contributed by atoms with E-state index in [4.69, 9.17) is 22.4 Å². The van der Waals surface area contributed by atoms with E-state index in [0.717, 1.165) is 0 Å². The fourth-order valence-corrected chi connectivity index (χ4v) is 1.52. The topological polar surface area (TPSA) is 106 Å². The van der Waals surface area contributed by atoms with Crippen LogP contribution in [0.4, 0.5) is 5.69 Å². The van der Waals surface area contributed by atoms with Crippen molar-refractivity contribution in [1.82, 2.24) is 0 Å². The number of halogens is 1. The third-order valence-corrected chi connectivity index (χ3v) is 2.31. The third kappa shape index (κ3) is 2.68. The minimum atomic E-state index is -1.21. The third-order valence-electron chi connectivity index (χ3n) is 2.01. The summed E-state index contributed by atoms with van der Waals surface area (Å²) in [6, 6.07) is 3.14. The van der Waals surface area contributed by atoms with Crippen LogP contribution in [-0.2, 0) is 11.2 Å². The van der Waals surface area contributed by atoms with E-state index in [0.29, 0.717) is 0 Å². The quantitative estimate of drug-likeness (QED) is 0.611. The zero-order valence-corrected chi connectivity index (χ0v) is 8.85. The molecule has 0 aliphatic carbocycles. The zero-order chi connectivity index (χ0) is 12.3. The molecule has 1 aromatic carbocycles. The SMILES string of the molecule is N[C@@H](Cc1cccc(Cl)c1[N+](=O)[O-])C(=O)O. The maximum absolute atomic E-state index is 10.7. The Bertz CT molecular complexity index is 436. The van der Waals surface area contributed by atoms with Crippen LogP contribution < -0.4 is 5.73 Å². The van der Waals surface area contributed by atoms with Gasteiger partial charge in [-0.25, -0.2) is 0 Å². The van der Waals surface area contributed by atoms with Crippen LogP contribution in [0.2, 0.25) is 5.02 Å². The molecule has 6 nitrogen and oxygen atoms in total. The Labute approximate surface area is 95.8 Å². The second-order valence-electron chi connectivity index (χ2n) is 3.15. The van der Waals surface area contributed by atoms with Crippen LogP contribution in [0, 0.1) is 10.1 Å². The summed E-state index contributed by atoms with van der Waals surface area (Å²) >= 11 is 5.66. The van der Waals surface area contributed by atoms with Gasteiger partial charge >= 0.3 is 5.97 Å². The molecule has 1 aromatic rings. The summed E-state index contributed by atoms with van der Waals surface area (Å²) in [7, 11) is 0. The number of carboxylic acid groups (broad SMARTS) is 1. The number of hydrogen-bond donors (Lipinski definition) is 2. The van der Waals surface area contributed by atoms with Gasteiger partial charge in [-0.3, -0.25) is 14.9 Å². The normalized spacial score (nSPS) is 12.1. The van der Waals surface area contributed by atoms with Crippen molar-refractivity contribution < 1.29 is 14.8 Å². The summed E-state index contributed by atoms with van der Waals surface area (Å²) in [6.45, 7) is 0. The number of para-hydroxylation sites is 1. The number of aliphatic carboxylic acids is 1. The maximum atomic E-state index is 10.7. The predicted molar refractivity (Wildman–Crippen MR) is 57.4 cm³/mol. The van der Waals surface area contributed by atoms with E-state index in [1.54, 1.807) is 0 Å². The van der Waals surface area contributed by atoms with Crippen molar-refractivity contribution in [2.24, 2.45) is 5.73 Å². The lowest BCUT2D eigenvalue weighted by Crippen LogP contribution is -2.32. The lowest BCUT2D eigenvalue weighted by atomic mass is 10.0. The average Bonchev–Trinajstić information content (AvgIpc) is 2.16. The van der Waals surface area contributed by atoms with Gasteiger partial charge in [0.2, 0.25) is 0 Å². The highest BCUT2D eigenvalue weighted by Crippen LogP contribution is 2.28. The Morgan fingerprint density at radius 3 is 2.75 bits per heavy atom. The molecule has 0 saturated carbocycles. The Balaban J connectivity index is 3.09.